The van der Waals surface area contributed by atoms with Crippen LogP contribution in [0.1, 0.15) is 20.3 Å². The van der Waals surface area contributed by atoms with Gasteiger partial charge in [-0.2, -0.15) is 0 Å². The van der Waals surface area contributed by atoms with Crippen LogP contribution in [0.5, 0.6) is 5.75 Å². The zero-order valence-electron chi connectivity index (χ0n) is 9.10. The van der Waals surface area contributed by atoms with Crippen LogP contribution in [0.3, 0.4) is 0 Å². The van der Waals surface area contributed by atoms with Gasteiger partial charge >= 0.3 is 5.97 Å². The lowest BCUT2D eigenvalue weighted by Crippen LogP contribution is -2.15. The third-order valence-corrected chi connectivity index (χ3v) is 1.91. The van der Waals surface area contributed by atoms with Crippen molar-refractivity contribution in [2.45, 2.75) is 26.4 Å². The molecule has 0 spiro atoms. The Hall–Kier alpha value is -1.51. The Morgan fingerprint density at radius 2 is 2.00 bits per heavy atom. The highest BCUT2D eigenvalue weighted by molar-refractivity contribution is 5.65. The van der Waals surface area contributed by atoms with Gasteiger partial charge in [0.25, 0.3) is 0 Å². The molecule has 1 aromatic rings. The molecule has 0 heterocycles. The van der Waals surface area contributed by atoms with Crippen molar-refractivity contribution in [2.75, 3.05) is 6.61 Å². The standard InChI is InChI=1S/C12H16O3/c1-10(8-9-14-11(2)13)15-12-6-4-3-5-7-12/h3-7,10H,8-9H2,1-2H3. The summed E-state index contributed by atoms with van der Waals surface area (Å²) in [5.74, 6) is 0.592. The fourth-order valence-corrected chi connectivity index (χ4v) is 1.16. The fraction of sp³-hybridized carbons (Fsp3) is 0.417. The number of esters is 1. The van der Waals surface area contributed by atoms with E-state index in [-0.39, 0.29) is 12.1 Å². The van der Waals surface area contributed by atoms with Crippen molar-refractivity contribution in [3.63, 3.8) is 0 Å². The van der Waals surface area contributed by atoms with Crippen LogP contribution in [-0.2, 0) is 9.53 Å². The summed E-state index contributed by atoms with van der Waals surface area (Å²) in [5.41, 5.74) is 0. The van der Waals surface area contributed by atoms with Gasteiger partial charge < -0.3 is 9.47 Å². The molecule has 0 aliphatic heterocycles. The van der Waals surface area contributed by atoms with Crippen LogP contribution in [0.2, 0.25) is 0 Å². The highest BCUT2D eigenvalue weighted by atomic mass is 16.5. The summed E-state index contributed by atoms with van der Waals surface area (Å²) < 4.78 is 10.4. The Morgan fingerprint density at radius 1 is 1.33 bits per heavy atom. The molecular weight excluding hydrogens is 192 g/mol. The van der Waals surface area contributed by atoms with Gasteiger partial charge in [-0.15, -0.1) is 0 Å². The molecule has 0 aliphatic carbocycles. The number of para-hydroxylation sites is 1. The number of carbonyl (C=O) groups excluding carboxylic acids is 1. The van der Waals surface area contributed by atoms with Gasteiger partial charge in [-0.3, -0.25) is 4.79 Å². The number of benzene rings is 1. The minimum Gasteiger partial charge on any atom is -0.491 e. The average Bonchev–Trinajstić information content (AvgIpc) is 2.18. The molecule has 0 aromatic heterocycles. The van der Waals surface area contributed by atoms with E-state index in [0.29, 0.717) is 13.0 Å². The highest BCUT2D eigenvalue weighted by Crippen LogP contribution is 2.12. The molecular formula is C12H16O3. The summed E-state index contributed by atoms with van der Waals surface area (Å²) in [6, 6.07) is 9.60. The van der Waals surface area contributed by atoms with Gasteiger partial charge in [0.2, 0.25) is 0 Å². The Morgan fingerprint density at radius 3 is 2.60 bits per heavy atom. The van der Waals surface area contributed by atoms with Crippen LogP contribution in [0, 0.1) is 0 Å². The fourth-order valence-electron chi connectivity index (χ4n) is 1.16. The molecule has 0 saturated carbocycles. The molecule has 3 heteroatoms. The smallest absolute Gasteiger partial charge is 0.302 e. The van der Waals surface area contributed by atoms with E-state index < -0.39 is 0 Å². The third-order valence-electron chi connectivity index (χ3n) is 1.91. The second-order valence-corrected chi connectivity index (χ2v) is 3.37. The normalized spacial score (nSPS) is 11.9. The molecule has 1 rings (SSSR count). The van der Waals surface area contributed by atoms with Crippen molar-refractivity contribution in [1.29, 1.82) is 0 Å². The first-order chi connectivity index (χ1) is 7.18. The first-order valence-electron chi connectivity index (χ1n) is 5.03. The highest BCUT2D eigenvalue weighted by Gasteiger charge is 2.04. The van der Waals surface area contributed by atoms with Crippen molar-refractivity contribution in [1.82, 2.24) is 0 Å². The number of ether oxygens (including phenoxy) is 2. The van der Waals surface area contributed by atoms with Gasteiger partial charge in [-0.1, -0.05) is 18.2 Å². The lowest BCUT2D eigenvalue weighted by atomic mass is 10.3. The summed E-state index contributed by atoms with van der Waals surface area (Å²) in [6.07, 6.45) is 0.751. The summed E-state index contributed by atoms with van der Waals surface area (Å²) in [4.78, 5) is 10.5. The minimum absolute atomic E-state index is 0.0479. The van der Waals surface area contributed by atoms with Crippen LogP contribution >= 0.6 is 0 Å². The lowest BCUT2D eigenvalue weighted by Gasteiger charge is -2.14. The molecule has 0 radical (unpaired) electrons. The molecule has 1 atom stereocenters. The van der Waals surface area contributed by atoms with Gasteiger partial charge in [0, 0.05) is 13.3 Å². The summed E-state index contributed by atoms with van der Waals surface area (Å²) in [5, 5.41) is 0. The van der Waals surface area contributed by atoms with E-state index in [1.165, 1.54) is 6.92 Å². The second kappa shape index (κ2) is 6.06. The molecule has 0 aliphatic rings. The molecule has 3 nitrogen and oxygen atoms in total. The van der Waals surface area contributed by atoms with Crippen LogP contribution in [0.4, 0.5) is 0 Å². The molecule has 0 N–H and O–H groups in total. The van der Waals surface area contributed by atoms with E-state index in [4.69, 9.17) is 9.47 Å². The largest absolute Gasteiger partial charge is 0.491 e. The van der Waals surface area contributed by atoms with Gasteiger partial charge in [0.15, 0.2) is 0 Å². The molecule has 0 fully saturated rings. The van der Waals surface area contributed by atoms with Crippen molar-refractivity contribution in [3.05, 3.63) is 30.3 Å². The molecule has 82 valence electrons. The van der Waals surface area contributed by atoms with Crippen LogP contribution < -0.4 is 4.74 Å². The molecule has 0 amide bonds. The van der Waals surface area contributed by atoms with E-state index in [1.54, 1.807) is 0 Å². The number of rotatable bonds is 5. The quantitative estimate of drug-likeness (QED) is 0.697. The monoisotopic (exact) mass is 208 g/mol. The Balaban J connectivity index is 2.24. The summed E-state index contributed by atoms with van der Waals surface area (Å²) in [7, 11) is 0. The molecule has 15 heavy (non-hydrogen) atoms. The SMILES string of the molecule is CC(=O)OCCC(C)Oc1ccccc1. The third kappa shape index (κ3) is 5.05. The molecule has 0 bridgehead atoms. The van der Waals surface area contributed by atoms with Crippen molar-refractivity contribution >= 4 is 5.97 Å². The lowest BCUT2D eigenvalue weighted by molar-refractivity contribution is -0.141. The maximum absolute atomic E-state index is 10.5. The Labute approximate surface area is 90.0 Å². The van der Waals surface area contributed by atoms with Gasteiger partial charge in [0.1, 0.15) is 5.75 Å². The summed E-state index contributed by atoms with van der Waals surface area (Å²) >= 11 is 0. The first-order valence-corrected chi connectivity index (χ1v) is 5.03. The predicted molar refractivity (Wildman–Crippen MR) is 57.8 cm³/mol. The van der Waals surface area contributed by atoms with E-state index in [9.17, 15) is 4.79 Å². The van der Waals surface area contributed by atoms with E-state index in [1.807, 2.05) is 37.3 Å². The van der Waals surface area contributed by atoms with Gasteiger partial charge in [-0.05, 0) is 19.1 Å². The number of carbonyl (C=O) groups is 1. The predicted octanol–water partition coefficient (Wildman–Crippen LogP) is 2.41. The molecule has 1 unspecified atom stereocenters. The van der Waals surface area contributed by atoms with Crippen molar-refractivity contribution in [2.24, 2.45) is 0 Å². The van der Waals surface area contributed by atoms with Crippen LogP contribution in [0.15, 0.2) is 30.3 Å². The Bertz CT molecular complexity index is 295. The zero-order valence-corrected chi connectivity index (χ0v) is 9.10. The maximum Gasteiger partial charge on any atom is 0.302 e. The zero-order chi connectivity index (χ0) is 11.1. The van der Waals surface area contributed by atoms with E-state index in [2.05, 4.69) is 0 Å². The maximum atomic E-state index is 10.5. The van der Waals surface area contributed by atoms with Gasteiger partial charge in [0.05, 0.1) is 12.7 Å². The topological polar surface area (TPSA) is 35.5 Å². The van der Waals surface area contributed by atoms with Crippen LogP contribution in [0.25, 0.3) is 0 Å². The van der Waals surface area contributed by atoms with Crippen LogP contribution in [-0.4, -0.2) is 18.7 Å². The van der Waals surface area contributed by atoms with Gasteiger partial charge in [-0.25, -0.2) is 0 Å². The van der Waals surface area contributed by atoms with E-state index in [0.717, 1.165) is 5.75 Å². The average molecular weight is 208 g/mol. The number of hydrogen-bond donors (Lipinski definition) is 0. The van der Waals surface area contributed by atoms with Crippen molar-refractivity contribution < 1.29 is 14.3 Å². The van der Waals surface area contributed by atoms with Crippen molar-refractivity contribution in [3.8, 4) is 5.75 Å². The number of hydrogen-bond acceptors (Lipinski definition) is 3. The molecule has 0 saturated heterocycles. The van der Waals surface area contributed by atoms with E-state index >= 15 is 0 Å². The second-order valence-electron chi connectivity index (χ2n) is 3.37. The minimum atomic E-state index is -0.248. The first kappa shape index (κ1) is 11.6. The summed E-state index contributed by atoms with van der Waals surface area (Å²) in [6.45, 7) is 3.77. The molecule has 1 aromatic carbocycles. The Kier molecular flexibility index (Phi) is 4.68.